The third-order valence-corrected chi connectivity index (χ3v) is 5.33. The molecule has 3 rings (SSSR count). The van der Waals surface area contributed by atoms with Crippen LogP contribution in [0.2, 0.25) is 0 Å². The molecule has 1 fully saturated rings. The molecule has 2 aromatic carbocycles. The molecule has 4 nitrogen and oxygen atoms in total. The summed E-state index contributed by atoms with van der Waals surface area (Å²) in [7, 11) is 0. The second-order valence-corrected chi connectivity index (χ2v) is 7.33. The molecule has 0 bridgehead atoms. The molecule has 0 spiro atoms. The highest BCUT2D eigenvalue weighted by atomic mass is 16.2. The highest BCUT2D eigenvalue weighted by molar-refractivity contribution is 5.93. The number of nitrogens with zero attached hydrogens (tertiary/aromatic N) is 1. The Morgan fingerprint density at radius 2 is 1.73 bits per heavy atom. The van der Waals surface area contributed by atoms with Gasteiger partial charge in [-0.25, -0.2) is 0 Å². The predicted octanol–water partition coefficient (Wildman–Crippen LogP) is 3.59. The van der Waals surface area contributed by atoms with Crippen LogP contribution in [0.15, 0.2) is 42.5 Å². The van der Waals surface area contributed by atoms with E-state index in [2.05, 4.69) is 53.6 Å². The average Bonchev–Trinajstić information content (AvgIpc) is 2.60. The second-order valence-electron chi connectivity index (χ2n) is 7.33. The first-order chi connectivity index (χ1) is 12.5. The highest BCUT2D eigenvalue weighted by Crippen LogP contribution is 2.29. The van der Waals surface area contributed by atoms with Crippen LogP contribution >= 0.6 is 0 Å². The first kappa shape index (κ1) is 18.6. The van der Waals surface area contributed by atoms with Gasteiger partial charge in [0.15, 0.2) is 0 Å². The molecule has 4 heteroatoms. The van der Waals surface area contributed by atoms with Gasteiger partial charge in [-0.2, -0.15) is 0 Å². The lowest BCUT2D eigenvalue weighted by Crippen LogP contribution is -2.53. The Bertz CT molecular complexity index is 766. The molecule has 138 valence electrons. The lowest BCUT2D eigenvalue weighted by Gasteiger charge is -2.41. The largest absolute Gasteiger partial charge is 0.324 e. The Balaban J connectivity index is 1.78. The van der Waals surface area contributed by atoms with Crippen molar-refractivity contribution in [2.45, 2.75) is 39.8 Å². The van der Waals surface area contributed by atoms with Crippen LogP contribution in [0.3, 0.4) is 0 Å². The molecule has 2 unspecified atom stereocenters. The van der Waals surface area contributed by atoms with Crippen LogP contribution in [0.4, 0.5) is 5.69 Å². The zero-order valence-corrected chi connectivity index (χ0v) is 16.2. The number of carbonyl (C=O) groups is 1. The van der Waals surface area contributed by atoms with Gasteiger partial charge in [0, 0.05) is 24.8 Å². The van der Waals surface area contributed by atoms with Gasteiger partial charge in [-0.05, 0) is 49.9 Å². The van der Waals surface area contributed by atoms with Crippen molar-refractivity contribution in [2.75, 3.05) is 25.0 Å². The van der Waals surface area contributed by atoms with Gasteiger partial charge in [0.1, 0.15) is 0 Å². The molecule has 0 aromatic heterocycles. The highest BCUT2D eigenvalue weighted by Gasteiger charge is 2.31. The summed E-state index contributed by atoms with van der Waals surface area (Å²) in [5.41, 5.74) is 5.71. The summed E-state index contributed by atoms with van der Waals surface area (Å²) in [5.74, 6) is 0.0510. The van der Waals surface area contributed by atoms with Gasteiger partial charge >= 0.3 is 0 Å². The minimum Gasteiger partial charge on any atom is -0.324 e. The molecule has 1 aliphatic heterocycles. The van der Waals surface area contributed by atoms with Crippen LogP contribution in [-0.2, 0) is 4.79 Å². The van der Waals surface area contributed by atoms with E-state index < -0.39 is 0 Å². The van der Waals surface area contributed by atoms with Crippen LogP contribution < -0.4 is 10.6 Å². The fraction of sp³-hybridized carbons (Fsp3) is 0.409. The van der Waals surface area contributed by atoms with Gasteiger partial charge in [0.05, 0.1) is 12.6 Å². The van der Waals surface area contributed by atoms with E-state index >= 15 is 0 Å². The van der Waals surface area contributed by atoms with Crippen molar-refractivity contribution in [1.82, 2.24) is 10.2 Å². The second kappa shape index (κ2) is 8.02. The van der Waals surface area contributed by atoms with E-state index in [9.17, 15) is 4.79 Å². The molecule has 1 aliphatic rings. The molecule has 2 N–H and O–H groups in total. The standard InChI is InChI=1S/C22H29N3O/c1-15-8-5-6-11-19(15)22-18(4)23-12-13-25(22)14-20(26)24-21-16(2)9-7-10-17(21)3/h5-11,18,22-23H,12-14H2,1-4H3,(H,24,26). The molecule has 0 aliphatic carbocycles. The Kier molecular flexibility index (Phi) is 5.74. The number of para-hydroxylation sites is 1. The fourth-order valence-electron chi connectivity index (χ4n) is 3.94. The quantitative estimate of drug-likeness (QED) is 0.885. The van der Waals surface area contributed by atoms with Crippen molar-refractivity contribution in [1.29, 1.82) is 0 Å². The van der Waals surface area contributed by atoms with Crippen molar-refractivity contribution < 1.29 is 4.79 Å². The van der Waals surface area contributed by atoms with Crippen LogP contribution in [0.25, 0.3) is 0 Å². The maximum Gasteiger partial charge on any atom is 0.238 e. The van der Waals surface area contributed by atoms with Crippen molar-refractivity contribution in [2.24, 2.45) is 0 Å². The molecule has 2 aromatic rings. The minimum absolute atomic E-state index is 0.0510. The molecule has 0 radical (unpaired) electrons. The van der Waals surface area contributed by atoms with Crippen molar-refractivity contribution >= 4 is 11.6 Å². The molecule has 1 saturated heterocycles. The van der Waals surface area contributed by atoms with E-state index in [0.29, 0.717) is 12.6 Å². The Morgan fingerprint density at radius 1 is 1.08 bits per heavy atom. The summed E-state index contributed by atoms with van der Waals surface area (Å²) in [4.78, 5) is 15.1. The van der Waals surface area contributed by atoms with Crippen molar-refractivity contribution in [3.8, 4) is 0 Å². The molecule has 1 heterocycles. The Labute approximate surface area is 156 Å². The van der Waals surface area contributed by atoms with Gasteiger partial charge in [-0.3, -0.25) is 9.69 Å². The molecular weight excluding hydrogens is 322 g/mol. The van der Waals surface area contributed by atoms with Crippen molar-refractivity contribution in [3.63, 3.8) is 0 Å². The van der Waals surface area contributed by atoms with E-state index in [1.54, 1.807) is 0 Å². The van der Waals surface area contributed by atoms with Crippen LogP contribution in [0, 0.1) is 20.8 Å². The van der Waals surface area contributed by atoms with Gasteiger partial charge in [-0.15, -0.1) is 0 Å². The van der Waals surface area contributed by atoms with Gasteiger partial charge in [0.25, 0.3) is 0 Å². The number of nitrogens with one attached hydrogen (secondary N) is 2. The van der Waals surface area contributed by atoms with E-state index in [1.165, 1.54) is 11.1 Å². The number of hydrogen-bond donors (Lipinski definition) is 2. The lowest BCUT2D eigenvalue weighted by molar-refractivity contribution is -0.118. The maximum atomic E-state index is 12.8. The van der Waals surface area contributed by atoms with E-state index in [0.717, 1.165) is 29.9 Å². The third-order valence-electron chi connectivity index (χ3n) is 5.33. The molecular formula is C22H29N3O. The Hall–Kier alpha value is -2.17. The molecule has 1 amide bonds. The number of rotatable bonds is 4. The summed E-state index contributed by atoms with van der Waals surface area (Å²) < 4.78 is 0. The summed E-state index contributed by atoms with van der Waals surface area (Å²) in [6, 6.07) is 15.1. The lowest BCUT2D eigenvalue weighted by atomic mass is 9.93. The smallest absolute Gasteiger partial charge is 0.238 e. The van der Waals surface area contributed by atoms with Gasteiger partial charge in [0.2, 0.25) is 5.91 Å². The monoisotopic (exact) mass is 351 g/mol. The van der Waals surface area contributed by atoms with Crippen LogP contribution in [0.1, 0.15) is 35.2 Å². The topological polar surface area (TPSA) is 44.4 Å². The van der Waals surface area contributed by atoms with Crippen LogP contribution in [-0.4, -0.2) is 36.5 Å². The minimum atomic E-state index is 0.0510. The number of carbonyl (C=O) groups excluding carboxylic acids is 1. The summed E-state index contributed by atoms with van der Waals surface area (Å²) in [6.45, 7) is 10.6. The first-order valence-electron chi connectivity index (χ1n) is 9.36. The molecule has 2 atom stereocenters. The summed E-state index contributed by atoms with van der Waals surface area (Å²) in [5, 5.41) is 6.68. The number of piperazine rings is 1. The number of aryl methyl sites for hydroxylation is 3. The fourth-order valence-corrected chi connectivity index (χ4v) is 3.94. The molecule has 0 saturated carbocycles. The first-order valence-corrected chi connectivity index (χ1v) is 9.36. The van der Waals surface area contributed by atoms with Crippen molar-refractivity contribution in [3.05, 3.63) is 64.7 Å². The van der Waals surface area contributed by atoms with Gasteiger partial charge < -0.3 is 10.6 Å². The zero-order valence-electron chi connectivity index (χ0n) is 16.2. The summed E-state index contributed by atoms with van der Waals surface area (Å²) in [6.07, 6.45) is 0. The number of amides is 1. The zero-order chi connectivity index (χ0) is 18.7. The summed E-state index contributed by atoms with van der Waals surface area (Å²) >= 11 is 0. The SMILES string of the molecule is Cc1ccccc1C1C(C)NCCN1CC(=O)Nc1c(C)cccc1C. The van der Waals surface area contributed by atoms with E-state index in [-0.39, 0.29) is 11.9 Å². The molecule has 26 heavy (non-hydrogen) atoms. The predicted molar refractivity (Wildman–Crippen MR) is 108 cm³/mol. The number of anilines is 1. The maximum absolute atomic E-state index is 12.8. The Morgan fingerprint density at radius 3 is 2.42 bits per heavy atom. The van der Waals surface area contributed by atoms with Gasteiger partial charge in [-0.1, -0.05) is 42.5 Å². The normalized spacial score (nSPS) is 20.8. The third kappa shape index (κ3) is 3.97. The number of benzene rings is 2. The van der Waals surface area contributed by atoms with E-state index in [4.69, 9.17) is 0 Å². The van der Waals surface area contributed by atoms with Crippen LogP contribution in [0.5, 0.6) is 0 Å². The van der Waals surface area contributed by atoms with E-state index in [1.807, 2.05) is 32.0 Å². The number of hydrogen-bond acceptors (Lipinski definition) is 3. The average molecular weight is 351 g/mol.